The van der Waals surface area contributed by atoms with E-state index in [1.54, 1.807) is 24.4 Å². The van der Waals surface area contributed by atoms with E-state index in [1.165, 1.54) is 30.6 Å². The van der Waals surface area contributed by atoms with E-state index in [2.05, 4.69) is 15.3 Å². The fourth-order valence-electron chi connectivity index (χ4n) is 2.44. The highest BCUT2D eigenvalue weighted by Gasteiger charge is 2.18. The predicted molar refractivity (Wildman–Crippen MR) is 96.1 cm³/mol. The summed E-state index contributed by atoms with van der Waals surface area (Å²) in [5.41, 5.74) is 2.47. The Labute approximate surface area is 151 Å². The lowest BCUT2D eigenvalue weighted by molar-refractivity contribution is 0.0950. The number of hydrogen-bond donors (Lipinski definition) is 1. The van der Waals surface area contributed by atoms with Gasteiger partial charge in [-0.25, -0.2) is 12.4 Å². The zero-order chi connectivity index (χ0) is 18.7. The van der Waals surface area contributed by atoms with E-state index in [0.29, 0.717) is 5.69 Å². The van der Waals surface area contributed by atoms with Crippen molar-refractivity contribution in [3.63, 3.8) is 0 Å². The number of amides is 1. The fourth-order valence-corrected chi connectivity index (χ4v) is 3.66. The third-order valence-electron chi connectivity index (χ3n) is 3.83. The van der Waals surface area contributed by atoms with Crippen molar-refractivity contribution in [3.05, 3.63) is 77.6 Å². The summed E-state index contributed by atoms with van der Waals surface area (Å²) >= 11 is 0. The van der Waals surface area contributed by atoms with Crippen LogP contribution in [0.25, 0.3) is 0 Å². The van der Waals surface area contributed by atoms with E-state index < -0.39 is 10.0 Å². The van der Waals surface area contributed by atoms with Crippen molar-refractivity contribution in [2.24, 2.45) is 0 Å². The molecule has 0 bridgehead atoms. The summed E-state index contributed by atoms with van der Waals surface area (Å²) in [4.78, 5) is 21.0. The van der Waals surface area contributed by atoms with Crippen LogP contribution < -0.4 is 5.32 Å². The molecule has 2 heterocycles. The smallest absolute Gasteiger partial charge is 0.267 e. The lowest BCUT2D eigenvalue weighted by Gasteiger charge is -2.07. The van der Waals surface area contributed by atoms with Gasteiger partial charge in [-0.15, -0.1) is 0 Å². The molecule has 0 fully saturated rings. The Morgan fingerprint density at radius 1 is 1.15 bits per heavy atom. The topological polar surface area (TPSA) is 94.0 Å². The molecule has 0 aliphatic rings. The first-order valence-electron chi connectivity index (χ1n) is 7.94. The lowest BCUT2D eigenvalue weighted by Crippen LogP contribution is -2.24. The highest BCUT2D eigenvalue weighted by atomic mass is 32.2. The van der Waals surface area contributed by atoms with Gasteiger partial charge in [-0.1, -0.05) is 18.2 Å². The molecule has 0 aliphatic heterocycles. The van der Waals surface area contributed by atoms with Gasteiger partial charge in [0.05, 0.1) is 34.1 Å². The molecule has 3 aromatic rings. The van der Waals surface area contributed by atoms with Gasteiger partial charge < -0.3 is 5.32 Å². The SMILES string of the molecule is Cc1cnc(CNC(=O)c2ccn(S(=O)(=O)c3ccccc3)c2)c(C)n1. The summed E-state index contributed by atoms with van der Waals surface area (Å²) in [5, 5.41) is 2.73. The molecule has 0 spiro atoms. The number of benzene rings is 1. The van der Waals surface area contributed by atoms with Crippen molar-refractivity contribution < 1.29 is 13.2 Å². The van der Waals surface area contributed by atoms with Crippen LogP contribution in [0.5, 0.6) is 0 Å². The number of nitrogens with one attached hydrogen (secondary N) is 1. The van der Waals surface area contributed by atoms with E-state index in [-0.39, 0.29) is 22.9 Å². The maximum Gasteiger partial charge on any atom is 0.267 e. The molecule has 1 N–H and O–H groups in total. The standard InChI is InChI=1S/C18H18N4O3S/c1-13-10-19-17(14(2)21-13)11-20-18(23)15-8-9-22(12-15)26(24,25)16-6-4-3-5-7-16/h3-10,12H,11H2,1-2H3,(H,20,23). The van der Waals surface area contributed by atoms with E-state index in [9.17, 15) is 13.2 Å². The number of aromatic nitrogens is 3. The third-order valence-corrected chi connectivity index (χ3v) is 5.48. The van der Waals surface area contributed by atoms with Crippen molar-refractivity contribution in [2.75, 3.05) is 0 Å². The van der Waals surface area contributed by atoms with Crippen LogP contribution in [0.15, 0.2) is 59.9 Å². The van der Waals surface area contributed by atoms with Crippen LogP contribution >= 0.6 is 0 Å². The molecule has 3 rings (SSSR count). The first-order chi connectivity index (χ1) is 12.4. The van der Waals surface area contributed by atoms with Crippen molar-refractivity contribution in [1.29, 1.82) is 0 Å². The molecule has 0 saturated carbocycles. The summed E-state index contributed by atoms with van der Waals surface area (Å²) in [6.45, 7) is 3.89. The largest absolute Gasteiger partial charge is 0.346 e. The van der Waals surface area contributed by atoms with Gasteiger partial charge in [-0.2, -0.15) is 0 Å². The Morgan fingerprint density at radius 3 is 2.58 bits per heavy atom. The van der Waals surface area contributed by atoms with E-state index >= 15 is 0 Å². The van der Waals surface area contributed by atoms with Crippen LogP contribution in [0, 0.1) is 13.8 Å². The molecule has 0 radical (unpaired) electrons. The van der Waals surface area contributed by atoms with E-state index in [1.807, 2.05) is 13.8 Å². The fraction of sp³-hybridized carbons (Fsp3) is 0.167. The maximum absolute atomic E-state index is 12.5. The van der Waals surface area contributed by atoms with Crippen LogP contribution in [0.1, 0.15) is 27.4 Å². The van der Waals surface area contributed by atoms with Crippen LogP contribution in [-0.2, 0) is 16.6 Å². The first kappa shape index (κ1) is 17.8. The minimum absolute atomic E-state index is 0.160. The molecule has 0 atom stereocenters. The molecule has 0 saturated heterocycles. The number of rotatable bonds is 5. The highest BCUT2D eigenvalue weighted by molar-refractivity contribution is 7.90. The summed E-state index contributed by atoms with van der Waals surface area (Å²) < 4.78 is 26.1. The Hall–Kier alpha value is -3.00. The number of carbonyl (C=O) groups is 1. The molecule has 8 heteroatoms. The van der Waals surface area contributed by atoms with Crippen LogP contribution in [-0.4, -0.2) is 28.3 Å². The summed E-state index contributed by atoms with van der Waals surface area (Å²) in [6.07, 6.45) is 4.29. The number of nitrogens with zero attached hydrogens (tertiary/aromatic N) is 3. The molecule has 0 unspecified atom stereocenters. The van der Waals surface area contributed by atoms with Gasteiger partial charge in [-0.3, -0.25) is 14.8 Å². The Morgan fingerprint density at radius 2 is 1.88 bits per heavy atom. The Kier molecular flexibility index (Phi) is 4.85. The molecule has 1 amide bonds. The summed E-state index contributed by atoms with van der Waals surface area (Å²) in [6, 6.07) is 9.51. The van der Waals surface area contributed by atoms with Crippen molar-refractivity contribution in [1.82, 2.24) is 19.3 Å². The van der Waals surface area contributed by atoms with Gasteiger partial charge in [0.2, 0.25) is 0 Å². The van der Waals surface area contributed by atoms with Crippen molar-refractivity contribution in [2.45, 2.75) is 25.3 Å². The van der Waals surface area contributed by atoms with Crippen LogP contribution in [0.4, 0.5) is 0 Å². The van der Waals surface area contributed by atoms with Gasteiger partial charge in [0.1, 0.15) is 0 Å². The average molecular weight is 370 g/mol. The minimum Gasteiger partial charge on any atom is -0.346 e. The van der Waals surface area contributed by atoms with Gasteiger partial charge in [0.25, 0.3) is 15.9 Å². The molecule has 134 valence electrons. The highest BCUT2D eigenvalue weighted by Crippen LogP contribution is 2.15. The van der Waals surface area contributed by atoms with Crippen molar-refractivity contribution >= 4 is 15.9 Å². The second-order valence-corrected chi connectivity index (χ2v) is 7.62. The molecule has 7 nitrogen and oxygen atoms in total. The number of aryl methyl sites for hydroxylation is 2. The van der Waals surface area contributed by atoms with Crippen LogP contribution in [0.2, 0.25) is 0 Å². The molecular weight excluding hydrogens is 352 g/mol. The quantitative estimate of drug-likeness (QED) is 0.742. The predicted octanol–water partition coefficient (Wildman–Crippen LogP) is 2.06. The molecule has 2 aromatic heterocycles. The third kappa shape index (κ3) is 3.65. The zero-order valence-electron chi connectivity index (χ0n) is 14.4. The maximum atomic E-state index is 12.5. The minimum atomic E-state index is -3.72. The molecular formula is C18H18N4O3S. The van der Waals surface area contributed by atoms with Gasteiger partial charge in [0, 0.05) is 18.6 Å². The number of hydrogen-bond acceptors (Lipinski definition) is 5. The van der Waals surface area contributed by atoms with Crippen LogP contribution in [0.3, 0.4) is 0 Å². The van der Waals surface area contributed by atoms with Gasteiger partial charge in [0.15, 0.2) is 0 Å². The lowest BCUT2D eigenvalue weighted by atomic mass is 10.3. The second-order valence-electron chi connectivity index (χ2n) is 5.77. The first-order valence-corrected chi connectivity index (χ1v) is 9.38. The zero-order valence-corrected chi connectivity index (χ0v) is 15.2. The Bertz CT molecular complexity index is 1040. The Balaban J connectivity index is 1.74. The molecule has 1 aromatic carbocycles. The normalized spacial score (nSPS) is 11.3. The summed E-state index contributed by atoms with van der Waals surface area (Å²) in [5.74, 6) is -0.381. The van der Waals surface area contributed by atoms with E-state index in [4.69, 9.17) is 0 Å². The average Bonchev–Trinajstić information content (AvgIpc) is 3.12. The van der Waals surface area contributed by atoms with Gasteiger partial charge in [-0.05, 0) is 32.0 Å². The van der Waals surface area contributed by atoms with Crippen molar-refractivity contribution in [3.8, 4) is 0 Å². The molecule has 0 aliphatic carbocycles. The summed E-state index contributed by atoms with van der Waals surface area (Å²) in [7, 11) is -3.72. The monoisotopic (exact) mass is 370 g/mol. The molecule has 26 heavy (non-hydrogen) atoms. The van der Waals surface area contributed by atoms with E-state index in [0.717, 1.165) is 15.4 Å². The second kappa shape index (κ2) is 7.09. The number of carbonyl (C=O) groups excluding carboxylic acids is 1. The van der Waals surface area contributed by atoms with Gasteiger partial charge >= 0.3 is 0 Å².